The van der Waals surface area contributed by atoms with Crippen LogP contribution in [0, 0.1) is 5.92 Å². The molecule has 1 saturated heterocycles. The number of rotatable bonds is 2. The van der Waals surface area contributed by atoms with E-state index in [9.17, 15) is 0 Å². The average molecular weight is 128 g/mol. The van der Waals surface area contributed by atoms with Crippen molar-refractivity contribution in [2.75, 3.05) is 26.2 Å². The van der Waals surface area contributed by atoms with Gasteiger partial charge in [-0.05, 0) is 13.8 Å². The first-order valence-electron chi connectivity index (χ1n) is 4.07. The molecular weight excluding hydrogens is 110 g/mol. The highest BCUT2D eigenvalue weighted by Gasteiger charge is 2.37. The first-order valence-corrected chi connectivity index (χ1v) is 4.07. The molecule has 0 radical (unpaired) electrons. The van der Waals surface area contributed by atoms with Gasteiger partial charge in [0, 0.05) is 0 Å². The Morgan fingerprint density at radius 1 is 1.22 bits per heavy atom. The summed E-state index contributed by atoms with van der Waals surface area (Å²) in [5, 5.41) is 0. The van der Waals surface area contributed by atoms with Crippen LogP contribution in [0.5, 0.6) is 0 Å². The zero-order chi connectivity index (χ0) is 6.91. The highest BCUT2D eigenvalue weighted by atomic mass is 15.4. The van der Waals surface area contributed by atoms with Gasteiger partial charge in [0.25, 0.3) is 0 Å². The average Bonchev–Trinajstić information content (AvgIpc) is 1.81. The molecule has 0 aromatic heterocycles. The maximum atomic E-state index is 2.35. The minimum absolute atomic E-state index is 0.991. The Morgan fingerprint density at radius 2 is 1.67 bits per heavy atom. The highest BCUT2D eigenvalue weighted by Crippen LogP contribution is 2.23. The number of nitrogens with zero attached hydrogens (tertiary/aromatic N) is 1. The summed E-state index contributed by atoms with van der Waals surface area (Å²) in [5.41, 5.74) is 0. The van der Waals surface area contributed by atoms with Crippen molar-refractivity contribution in [3.05, 3.63) is 0 Å². The highest BCUT2D eigenvalue weighted by molar-refractivity contribution is 4.62. The third-order valence-corrected chi connectivity index (χ3v) is 2.74. The van der Waals surface area contributed by atoms with Crippen LogP contribution in [-0.2, 0) is 0 Å². The van der Waals surface area contributed by atoms with E-state index < -0.39 is 0 Å². The fourth-order valence-corrected chi connectivity index (χ4v) is 2.01. The summed E-state index contributed by atoms with van der Waals surface area (Å²) in [4.78, 5) is 0. The van der Waals surface area contributed by atoms with Crippen LogP contribution >= 0.6 is 0 Å². The third-order valence-electron chi connectivity index (χ3n) is 2.74. The summed E-state index contributed by atoms with van der Waals surface area (Å²) < 4.78 is 1.38. The van der Waals surface area contributed by atoms with Gasteiger partial charge in [-0.2, -0.15) is 0 Å². The molecule has 1 rings (SSSR count). The Kier molecular flexibility index (Phi) is 1.80. The lowest BCUT2D eigenvalue weighted by Gasteiger charge is -2.48. The topological polar surface area (TPSA) is 0 Å². The Balaban J connectivity index is 2.36. The van der Waals surface area contributed by atoms with Crippen LogP contribution in [0.3, 0.4) is 0 Å². The summed E-state index contributed by atoms with van der Waals surface area (Å²) >= 11 is 0. The lowest BCUT2D eigenvalue weighted by Crippen LogP contribution is -2.62. The molecule has 1 heteroatoms. The van der Waals surface area contributed by atoms with E-state index in [1.807, 2.05) is 0 Å². The van der Waals surface area contributed by atoms with Crippen molar-refractivity contribution in [1.82, 2.24) is 0 Å². The summed E-state index contributed by atoms with van der Waals surface area (Å²) in [6.07, 6.45) is 0. The minimum Gasteiger partial charge on any atom is -0.323 e. The third kappa shape index (κ3) is 1.11. The van der Waals surface area contributed by atoms with Crippen molar-refractivity contribution in [1.29, 1.82) is 0 Å². The van der Waals surface area contributed by atoms with Gasteiger partial charge in [-0.3, -0.25) is 0 Å². The SMILES string of the molecule is CC[N+]1(CC)CC(C)C1. The van der Waals surface area contributed by atoms with Crippen LogP contribution in [0.1, 0.15) is 20.8 Å². The molecule has 0 aliphatic carbocycles. The molecule has 0 aromatic carbocycles. The Morgan fingerprint density at radius 3 is 1.78 bits per heavy atom. The van der Waals surface area contributed by atoms with Crippen LogP contribution in [-0.4, -0.2) is 30.7 Å². The standard InChI is InChI=1S/C8H18N/c1-4-9(5-2)6-8(3)7-9/h8H,4-7H2,1-3H3/q+1. The first kappa shape index (κ1) is 7.07. The molecule has 0 unspecified atom stereocenters. The molecule has 1 heterocycles. The second kappa shape index (κ2) is 2.30. The molecule has 0 atom stereocenters. The van der Waals surface area contributed by atoms with E-state index in [2.05, 4.69) is 20.8 Å². The van der Waals surface area contributed by atoms with Crippen molar-refractivity contribution >= 4 is 0 Å². The maximum Gasteiger partial charge on any atom is 0.0867 e. The smallest absolute Gasteiger partial charge is 0.0867 e. The zero-order valence-electron chi connectivity index (χ0n) is 6.85. The molecule has 1 nitrogen and oxygen atoms in total. The van der Waals surface area contributed by atoms with Gasteiger partial charge in [-0.1, -0.05) is 6.92 Å². The quantitative estimate of drug-likeness (QED) is 0.494. The van der Waals surface area contributed by atoms with Crippen LogP contribution in [0.2, 0.25) is 0 Å². The molecule has 9 heavy (non-hydrogen) atoms. The van der Waals surface area contributed by atoms with Crippen molar-refractivity contribution in [3.8, 4) is 0 Å². The normalized spacial score (nSPS) is 25.7. The van der Waals surface area contributed by atoms with Gasteiger partial charge >= 0.3 is 0 Å². The maximum absolute atomic E-state index is 2.35. The monoisotopic (exact) mass is 128 g/mol. The molecule has 0 spiro atoms. The minimum atomic E-state index is 0.991. The molecule has 1 aliphatic rings. The lowest BCUT2D eigenvalue weighted by molar-refractivity contribution is -0.970. The summed E-state index contributed by atoms with van der Waals surface area (Å²) in [6, 6.07) is 0. The molecule has 54 valence electrons. The summed E-state index contributed by atoms with van der Waals surface area (Å²) in [5.74, 6) is 0.991. The molecule has 0 N–H and O–H groups in total. The second-order valence-corrected chi connectivity index (χ2v) is 3.44. The number of hydrogen-bond acceptors (Lipinski definition) is 0. The van der Waals surface area contributed by atoms with Gasteiger partial charge in [0.15, 0.2) is 0 Å². The second-order valence-electron chi connectivity index (χ2n) is 3.44. The predicted molar refractivity (Wildman–Crippen MR) is 40.2 cm³/mol. The fraction of sp³-hybridized carbons (Fsp3) is 1.00. The molecule has 1 fully saturated rings. The number of quaternary nitrogens is 1. The van der Waals surface area contributed by atoms with Gasteiger partial charge < -0.3 is 4.48 Å². The molecule has 1 aliphatic heterocycles. The molecule has 0 amide bonds. The van der Waals surface area contributed by atoms with Crippen molar-refractivity contribution in [2.24, 2.45) is 5.92 Å². The van der Waals surface area contributed by atoms with Gasteiger partial charge in [-0.25, -0.2) is 0 Å². The largest absolute Gasteiger partial charge is 0.323 e. The first-order chi connectivity index (χ1) is 4.22. The van der Waals surface area contributed by atoms with Gasteiger partial charge in [0.2, 0.25) is 0 Å². The van der Waals surface area contributed by atoms with Gasteiger partial charge in [0.05, 0.1) is 32.1 Å². The van der Waals surface area contributed by atoms with Crippen LogP contribution in [0.4, 0.5) is 0 Å². The summed E-state index contributed by atoms with van der Waals surface area (Å²) in [7, 11) is 0. The van der Waals surface area contributed by atoms with E-state index in [1.54, 1.807) is 0 Å². The molecule has 0 aromatic rings. The Labute approximate surface area is 58.3 Å². The van der Waals surface area contributed by atoms with E-state index in [-0.39, 0.29) is 0 Å². The lowest BCUT2D eigenvalue weighted by atomic mass is 9.98. The van der Waals surface area contributed by atoms with E-state index in [0.717, 1.165) is 5.92 Å². The van der Waals surface area contributed by atoms with Crippen LogP contribution in [0.15, 0.2) is 0 Å². The van der Waals surface area contributed by atoms with E-state index in [4.69, 9.17) is 0 Å². The molecular formula is C8H18N+. The van der Waals surface area contributed by atoms with E-state index in [0.29, 0.717) is 0 Å². The van der Waals surface area contributed by atoms with E-state index >= 15 is 0 Å². The number of likely N-dealkylation sites (tertiary alicyclic amines) is 1. The summed E-state index contributed by atoms with van der Waals surface area (Å²) in [6.45, 7) is 12.5. The number of hydrogen-bond donors (Lipinski definition) is 0. The van der Waals surface area contributed by atoms with Crippen LogP contribution in [0.25, 0.3) is 0 Å². The Bertz CT molecular complexity index is 86.7. The molecule has 0 bridgehead atoms. The van der Waals surface area contributed by atoms with Gasteiger partial charge in [-0.15, -0.1) is 0 Å². The fourth-order valence-electron chi connectivity index (χ4n) is 2.01. The predicted octanol–water partition coefficient (Wildman–Crippen LogP) is 1.49. The van der Waals surface area contributed by atoms with Crippen molar-refractivity contribution < 1.29 is 4.48 Å². The van der Waals surface area contributed by atoms with Crippen molar-refractivity contribution in [3.63, 3.8) is 0 Å². The van der Waals surface area contributed by atoms with Crippen molar-refractivity contribution in [2.45, 2.75) is 20.8 Å². The Hall–Kier alpha value is -0.0400. The molecule has 0 saturated carbocycles. The van der Waals surface area contributed by atoms with E-state index in [1.165, 1.54) is 30.7 Å². The van der Waals surface area contributed by atoms with Crippen LogP contribution < -0.4 is 0 Å². The zero-order valence-corrected chi connectivity index (χ0v) is 6.85. The van der Waals surface area contributed by atoms with Gasteiger partial charge in [0.1, 0.15) is 0 Å².